The number of rotatable bonds is 5. The lowest BCUT2D eigenvalue weighted by atomic mass is 10.1. The maximum Gasteiger partial charge on any atom is -0.0445 e. The van der Waals surface area contributed by atoms with Crippen molar-refractivity contribution >= 4 is 0 Å². The molecule has 0 N–H and O–H groups in total. The van der Waals surface area contributed by atoms with Crippen LogP contribution in [0.25, 0.3) is 0 Å². The first-order valence-electron chi connectivity index (χ1n) is 6.68. The van der Waals surface area contributed by atoms with Gasteiger partial charge in [-0.15, -0.1) is 6.58 Å². The van der Waals surface area contributed by atoms with Gasteiger partial charge in [0, 0.05) is 0 Å². The van der Waals surface area contributed by atoms with Crippen molar-refractivity contribution in [3.63, 3.8) is 0 Å². The molecule has 94 valence electrons. The Morgan fingerprint density at radius 2 is 0.933 bits per heavy atom. The van der Waals surface area contributed by atoms with Crippen molar-refractivity contribution in [2.24, 2.45) is 0 Å². The fourth-order valence-corrected chi connectivity index (χ4v) is 0.854. The van der Waals surface area contributed by atoms with Crippen molar-refractivity contribution in [1.82, 2.24) is 0 Å². The molecule has 0 amide bonds. The van der Waals surface area contributed by atoms with Crippen LogP contribution >= 0.6 is 0 Å². The Balaban J connectivity index is -0.000000173. The van der Waals surface area contributed by atoms with E-state index in [9.17, 15) is 0 Å². The predicted molar refractivity (Wildman–Crippen MR) is 75.5 cm³/mol. The predicted octanol–water partition coefficient (Wildman–Crippen LogP) is 6.37. The summed E-state index contributed by atoms with van der Waals surface area (Å²) in [6.07, 6.45) is 9.74. The smallest absolute Gasteiger partial charge is 0.0445 e. The number of hydrogen-bond donors (Lipinski definition) is 0. The van der Waals surface area contributed by atoms with Gasteiger partial charge in [0.25, 0.3) is 0 Å². The summed E-state index contributed by atoms with van der Waals surface area (Å²) in [6, 6.07) is 0. The average Bonchev–Trinajstić information content (AvgIpc) is 2.13. The first-order valence-corrected chi connectivity index (χ1v) is 6.68. The highest BCUT2D eigenvalue weighted by Gasteiger charge is 1.83. The van der Waals surface area contributed by atoms with Crippen LogP contribution in [0.4, 0.5) is 0 Å². The van der Waals surface area contributed by atoms with Crippen molar-refractivity contribution in [2.75, 3.05) is 0 Å². The lowest BCUT2D eigenvalue weighted by molar-refractivity contribution is 0.624. The van der Waals surface area contributed by atoms with Gasteiger partial charge in [0.1, 0.15) is 0 Å². The summed E-state index contributed by atoms with van der Waals surface area (Å²) in [5, 5.41) is 0. The molecule has 0 heteroatoms. The fourth-order valence-electron chi connectivity index (χ4n) is 0.854. The molecule has 0 aliphatic carbocycles. The van der Waals surface area contributed by atoms with Crippen LogP contribution in [0.15, 0.2) is 12.2 Å². The zero-order valence-electron chi connectivity index (χ0n) is 12.2. The second-order valence-corrected chi connectivity index (χ2v) is 4.33. The van der Waals surface area contributed by atoms with Crippen molar-refractivity contribution in [3.05, 3.63) is 12.2 Å². The Labute approximate surface area is 99.2 Å². The third-order valence-electron chi connectivity index (χ3n) is 1.46. The van der Waals surface area contributed by atoms with Crippen molar-refractivity contribution in [2.45, 2.75) is 86.5 Å². The Morgan fingerprint density at radius 1 is 0.733 bits per heavy atom. The lowest BCUT2D eigenvalue weighted by Crippen LogP contribution is -1.73. The van der Waals surface area contributed by atoms with Crippen LogP contribution in [-0.2, 0) is 0 Å². The van der Waals surface area contributed by atoms with Crippen LogP contribution in [-0.4, -0.2) is 0 Å². The maximum atomic E-state index is 3.56. The molecule has 0 aromatic rings. The van der Waals surface area contributed by atoms with E-state index in [2.05, 4.69) is 34.3 Å². The molecular weight excluding hydrogens is 180 g/mol. The van der Waals surface area contributed by atoms with Crippen LogP contribution in [0.3, 0.4) is 0 Å². The number of hydrogen-bond acceptors (Lipinski definition) is 0. The molecule has 0 radical (unpaired) electrons. The molecule has 15 heavy (non-hydrogen) atoms. The van der Waals surface area contributed by atoms with Crippen molar-refractivity contribution in [1.29, 1.82) is 0 Å². The van der Waals surface area contributed by atoms with Gasteiger partial charge in [0.05, 0.1) is 0 Å². The molecule has 0 atom stereocenters. The molecule has 0 saturated carbocycles. The molecule has 0 aliphatic rings. The molecule has 0 saturated heterocycles. The molecule has 0 aliphatic heterocycles. The average molecular weight is 214 g/mol. The van der Waals surface area contributed by atoms with E-state index in [-0.39, 0.29) is 0 Å². The van der Waals surface area contributed by atoms with Crippen LogP contribution in [0.1, 0.15) is 86.5 Å². The molecule has 0 bridgehead atoms. The third kappa shape index (κ3) is 84.3. The Hall–Kier alpha value is -0.260. The number of allylic oxidation sites excluding steroid dienone is 1. The van der Waals surface area contributed by atoms with Gasteiger partial charge in [0.2, 0.25) is 0 Å². The van der Waals surface area contributed by atoms with Crippen molar-refractivity contribution in [3.8, 4) is 0 Å². The summed E-state index contributed by atoms with van der Waals surface area (Å²) >= 11 is 0. The summed E-state index contributed by atoms with van der Waals surface area (Å²) in [5.41, 5.74) is 1.17. The van der Waals surface area contributed by atoms with E-state index in [1.807, 2.05) is 13.8 Å². The minimum Gasteiger partial charge on any atom is -0.100 e. The minimum absolute atomic E-state index is 1.17. The monoisotopic (exact) mass is 214 g/mol. The van der Waals surface area contributed by atoms with Gasteiger partial charge in [-0.2, -0.15) is 0 Å². The maximum absolute atomic E-state index is 3.56. The second kappa shape index (κ2) is 23.5. The first kappa shape index (κ1) is 20.2. The molecule has 0 aromatic carbocycles. The lowest BCUT2D eigenvalue weighted by Gasteiger charge is -1.93. The van der Waals surface area contributed by atoms with Gasteiger partial charge in [-0.1, -0.05) is 78.2 Å². The van der Waals surface area contributed by atoms with Crippen LogP contribution < -0.4 is 0 Å². The van der Waals surface area contributed by atoms with Crippen LogP contribution in [0, 0.1) is 0 Å². The molecule has 0 nitrogen and oxygen atoms in total. The van der Waals surface area contributed by atoms with Gasteiger partial charge >= 0.3 is 0 Å². The van der Waals surface area contributed by atoms with E-state index >= 15 is 0 Å². The molecule has 0 rings (SSSR count). The Bertz CT molecular complexity index is 82.2. The SMILES string of the molecule is C=C(C)C.CCC.CCCCCCCC. The van der Waals surface area contributed by atoms with Crippen molar-refractivity contribution < 1.29 is 0 Å². The summed E-state index contributed by atoms with van der Waals surface area (Å²) in [4.78, 5) is 0. The molecule has 0 heterocycles. The number of unbranched alkanes of at least 4 members (excludes halogenated alkanes) is 5. The second-order valence-electron chi connectivity index (χ2n) is 4.33. The van der Waals surface area contributed by atoms with Crippen LogP contribution in [0.2, 0.25) is 0 Å². The van der Waals surface area contributed by atoms with E-state index < -0.39 is 0 Å². The van der Waals surface area contributed by atoms with E-state index in [1.165, 1.54) is 50.5 Å². The molecular formula is C15H34. The third-order valence-corrected chi connectivity index (χ3v) is 1.46. The van der Waals surface area contributed by atoms with Gasteiger partial charge in [-0.3, -0.25) is 0 Å². The summed E-state index contributed by atoms with van der Waals surface area (Å²) in [5.74, 6) is 0. The van der Waals surface area contributed by atoms with Gasteiger partial charge in [-0.25, -0.2) is 0 Å². The summed E-state index contributed by atoms with van der Waals surface area (Å²) in [6.45, 7) is 16.3. The fraction of sp³-hybridized carbons (Fsp3) is 0.867. The normalized spacial score (nSPS) is 8.13. The zero-order valence-corrected chi connectivity index (χ0v) is 12.2. The van der Waals surface area contributed by atoms with Crippen LogP contribution in [0.5, 0.6) is 0 Å². The highest BCUT2D eigenvalue weighted by Crippen LogP contribution is 2.03. The standard InChI is InChI=1S/C8H18.C4H8.C3H8/c1-3-5-7-8-6-4-2;1-4(2)3;1-3-2/h3-8H2,1-2H3;1H2,2-3H3;3H2,1-2H3. The van der Waals surface area contributed by atoms with E-state index in [1.54, 1.807) is 0 Å². The first-order chi connectivity index (χ1) is 7.06. The highest BCUT2D eigenvalue weighted by atomic mass is 13.9. The minimum atomic E-state index is 1.17. The van der Waals surface area contributed by atoms with E-state index in [4.69, 9.17) is 0 Å². The Morgan fingerprint density at radius 3 is 1.07 bits per heavy atom. The summed E-state index contributed by atoms with van der Waals surface area (Å²) < 4.78 is 0. The Kier molecular flexibility index (Phi) is 31.6. The van der Waals surface area contributed by atoms with E-state index in [0.29, 0.717) is 0 Å². The topological polar surface area (TPSA) is 0 Å². The molecule has 0 fully saturated rings. The van der Waals surface area contributed by atoms with E-state index in [0.717, 1.165) is 0 Å². The zero-order chi connectivity index (χ0) is 12.5. The quantitative estimate of drug-likeness (QED) is 0.369. The van der Waals surface area contributed by atoms with Gasteiger partial charge in [0.15, 0.2) is 0 Å². The largest absolute Gasteiger partial charge is 0.100 e. The highest BCUT2D eigenvalue weighted by molar-refractivity contribution is 4.78. The van der Waals surface area contributed by atoms with Gasteiger partial charge in [-0.05, 0) is 13.8 Å². The molecule has 0 spiro atoms. The van der Waals surface area contributed by atoms with Gasteiger partial charge < -0.3 is 0 Å². The molecule has 0 unspecified atom stereocenters. The molecule has 0 aromatic heterocycles. The summed E-state index contributed by atoms with van der Waals surface area (Å²) in [7, 11) is 0.